The zero-order chi connectivity index (χ0) is 13.7. The summed E-state index contributed by atoms with van der Waals surface area (Å²) in [7, 11) is 0. The van der Waals surface area contributed by atoms with E-state index in [-0.39, 0.29) is 5.91 Å². The summed E-state index contributed by atoms with van der Waals surface area (Å²) < 4.78 is 5.86. The molecule has 1 aliphatic rings. The maximum absolute atomic E-state index is 11.2. The minimum Gasteiger partial charge on any atom is -0.490 e. The molecule has 0 aliphatic heterocycles. The van der Waals surface area contributed by atoms with E-state index in [2.05, 4.69) is 5.32 Å². The highest BCUT2D eigenvalue weighted by Gasteiger charge is 2.16. The number of anilines is 1. The number of nitrogens with one attached hydrogen (secondary N) is 1. The molecule has 1 N–H and O–H groups in total. The van der Waals surface area contributed by atoms with Crippen LogP contribution in [0.1, 0.15) is 39.0 Å². The Kier molecular flexibility index (Phi) is 5.08. The smallest absolute Gasteiger partial charge is 0.221 e. The van der Waals surface area contributed by atoms with Crippen molar-refractivity contribution >= 4 is 23.2 Å². The van der Waals surface area contributed by atoms with Gasteiger partial charge in [0.05, 0.1) is 17.3 Å². The van der Waals surface area contributed by atoms with Gasteiger partial charge < -0.3 is 10.1 Å². The number of hydrogen-bond donors (Lipinski definition) is 1. The Hall–Kier alpha value is -1.22. The molecule has 0 saturated heterocycles. The van der Waals surface area contributed by atoms with E-state index in [1.165, 1.54) is 39.0 Å². The second kappa shape index (κ2) is 6.80. The molecule has 0 atom stereocenters. The number of carbonyl (C=O) groups is 1. The van der Waals surface area contributed by atoms with Crippen LogP contribution in [-0.2, 0) is 4.79 Å². The number of halogens is 1. The minimum absolute atomic E-state index is 0.121. The number of rotatable bonds is 4. The van der Waals surface area contributed by atoms with Crippen LogP contribution in [0.4, 0.5) is 5.69 Å². The summed E-state index contributed by atoms with van der Waals surface area (Å²) in [6.07, 6.45) is 6.35. The first-order valence-electron chi connectivity index (χ1n) is 6.85. The van der Waals surface area contributed by atoms with Gasteiger partial charge in [-0.2, -0.15) is 0 Å². The van der Waals surface area contributed by atoms with Crippen LogP contribution >= 0.6 is 11.6 Å². The van der Waals surface area contributed by atoms with Gasteiger partial charge in [0.15, 0.2) is 5.75 Å². The monoisotopic (exact) mass is 281 g/mol. The van der Waals surface area contributed by atoms with Crippen molar-refractivity contribution in [3.05, 3.63) is 23.2 Å². The van der Waals surface area contributed by atoms with Crippen LogP contribution in [0, 0.1) is 5.92 Å². The lowest BCUT2D eigenvalue weighted by molar-refractivity contribution is -0.114. The van der Waals surface area contributed by atoms with E-state index in [0.29, 0.717) is 29.0 Å². The topological polar surface area (TPSA) is 38.3 Å². The Labute approximate surface area is 119 Å². The minimum atomic E-state index is -0.121. The van der Waals surface area contributed by atoms with E-state index >= 15 is 0 Å². The first kappa shape index (κ1) is 14.2. The Bertz CT molecular complexity index is 442. The molecule has 1 fully saturated rings. The van der Waals surface area contributed by atoms with Crippen LogP contribution in [-0.4, -0.2) is 12.5 Å². The number of para-hydroxylation sites is 1. The van der Waals surface area contributed by atoms with Crippen LogP contribution in [0.3, 0.4) is 0 Å². The van der Waals surface area contributed by atoms with Crippen molar-refractivity contribution in [3.8, 4) is 5.75 Å². The molecular formula is C15H20ClNO2. The average molecular weight is 282 g/mol. The van der Waals surface area contributed by atoms with Gasteiger partial charge in [-0.05, 0) is 30.9 Å². The van der Waals surface area contributed by atoms with E-state index < -0.39 is 0 Å². The molecule has 19 heavy (non-hydrogen) atoms. The van der Waals surface area contributed by atoms with Gasteiger partial charge in [0.2, 0.25) is 5.91 Å². The number of ether oxygens (including phenoxy) is 1. The maximum atomic E-state index is 11.2. The van der Waals surface area contributed by atoms with Crippen molar-refractivity contribution in [2.45, 2.75) is 39.0 Å². The highest BCUT2D eigenvalue weighted by Crippen LogP contribution is 2.34. The van der Waals surface area contributed by atoms with Crippen molar-refractivity contribution in [1.82, 2.24) is 0 Å². The van der Waals surface area contributed by atoms with Crippen molar-refractivity contribution in [3.63, 3.8) is 0 Å². The molecule has 1 aromatic carbocycles. The summed E-state index contributed by atoms with van der Waals surface area (Å²) in [5, 5.41) is 3.30. The van der Waals surface area contributed by atoms with Crippen molar-refractivity contribution in [2.75, 3.05) is 11.9 Å². The standard InChI is InChI=1S/C15H20ClNO2/c1-11(18)17-14-9-5-8-13(16)15(14)19-10-12-6-3-2-4-7-12/h5,8-9,12H,2-4,6-7,10H2,1H3,(H,17,18). The molecule has 0 bridgehead atoms. The third-order valence-electron chi connectivity index (χ3n) is 3.47. The van der Waals surface area contributed by atoms with Gasteiger partial charge in [-0.25, -0.2) is 0 Å². The van der Waals surface area contributed by atoms with Crippen LogP contribution in [0.15, 0.2) is 18.2 Å². The molecule has 1 aliphatic carbocycles. The number of benzene rings is 1. The number of hydrogen-bond acceptors (Lipinski definition) is 2. The van der Waals surface area contributed by atoms with E-state index in [4.69, 9.17) is 16.3 Å². The van der Waals surface area contributed by atoms with E-state index in [0.717, 1.165) is 0 Å². The maximum Gasteiger partial charge on any atom is 0.221 e. The van der Waals surface area contributed by atoms with Crippen LogP contribution < -0.4 is 10.1 Å². The second-order valence-electron chi connectivity index (χ2n) is 5.11. The van der Waals surface area contributed by atoms with Crippen molar-refractivity contribution in [2.24, 2.45) is 5.92 Å². The van der Waals surface area contributed by atoms with E-state index in [9.17, 15) is 4.79 Å². The van der Waals surface area contributed by atoms with Gasteiger partial charge >= 0.3 is 0 Å². The van der Waals surface area contributed by atoms with Gasteiger partial charge in [-0.15, -0.1) is 0 Å². The van der Waals surface area contributed by atoms with Crippen LogP contribution in [0.5, 0.6) is 5.75 Å². The molecule has 1 amide bonds. The van der Waals surface area contributed by atoms with Gasteiger partial charge in [0.1, 0.15) is 0 Å². The molecule has 3 nitrogen and oxygen atoms in total. The Morgan fingerprint density at radius 1 is 1.37 bits per heavy atom. The lowest BCUT2D eigenvalue weighted by Crippen LogP contribution is -2.16. The van der Waals surface area contributed by atoms with Gasteiger partial charge in [-0.3, -0.25) is 4.79 Å². The highest BCUT2D eigenvalue weighted by molar-refractivity contribution is 6.32. The second-order valence-corrected chi connectivity index (χ2v) is 5.52. The van der Waals surface area contributed by atoms with Gasteiger partial charge in [-0.1, -0.05) is 36.9 Å². The largest absolute Gasteiger partial charge is 0.490 e. The molecule has 1 saturated carbocycles. The van der Waals surface area contributed by atoms with Crippen LogP contribution in [0.25, 0.3) is 0 Å². The summed E-state index contributed by atoms with van der Waals surface area (Å²) in [6, 6.07) is 5.40. The Morgan fingerprint density at radius 2 is 2.11 bits per heavy atom. The summed E-state index contributed by atoms with van der Waals surface area (Å²) in [5.74, 6) is 1.07. The summed E-state index contributed by atoms with van der Waals surface area (Å²) in [6.45, 7) is 2.15. The first-order valence-corrected chi connectivity index (χ1v) is 7.23. The third-order valence-corrected chi connectivity index (χ3v) is 3.76. The average Bonchev–Trinajstić information content (AvgIpc) is 2.38. The van der Waals surface area contributed by atoms with Gasteiger partial charge in [0, 0.05) is 6.92 Å². The molecule has 0 radical (unpaired) electrons. The fraction of sp³-hybridized carbons (Fsp3) is 0.533. The summed E-state index contributed by atoms with van der Waals surface area (Å²) in [5.41, 5.74) is 0.649. The molecule has 1 aromatic rings. The molecule has 0 unspecified atom stereocenters. The van der Waals surface area contributed by atoms with E-state index in [1.54, 1.807) is 12.1 Å². The molecular weight excluding hydrogens is 262 g/mol. The predicted octanol–water partition coefficient (Wildman–Crippen LogP) is 4.26. The third kappa shape index (κ3) is 4.13. The lowest BCUT2D eigenvalue weighted by Gasteiger charge is -2.22. The molecule has 0 spiro atoms. The Balaban J connectivity index is 2.03. The molecule has 104 valence electrons. The fourth-order valence-electron chi connectivity index (χ4n) is 2.50. The quantitative estimate of drug-likeness (QED) is 0.895. The highest BCUT2D eigenvalue weighted by atomic mass is 35.5. The lowest BCUT2D eigenvalue weighted by atomic mass is 9.90. The summed E-state index contributed by atoms with van der Waals surface area (Å²) >= 11 is 6.15. The van der Waals surface area contributed by atoms with Crippen molar-refractivity contribution in [1.29, 1.82) is 0 Å². The molecule has 0 aromatic heterocycles. The SMILES string of the molecule is CC(=O)Nc1cccc(Cl)c1OCC1CCCCC1. The van der Waals surface area contributed by atoms with Crippen molar-refractivity contribution < 1.29 is 9.53 Å². The van der Waals surface area contributed by atoms with E-state index in [1.807, 2.05) is 6.07 Å². The molecule has 2 rings (SSSR count). The van der Waals surface area contributed by atoms with Gasteiger partial charge in [0.25, 0.3) is 0 Å². The number of amides is 1. The predicted molar refractivity (Wildman–Crippen MR) is 77.8 cm³/mol. The molecule has 4 heteroatoms. The first-order chi connectivity index (χ1) is 9.16. The van der Waals surface area contributed by atoms with Crippen LogP contribution in [0.2, 0.25) is 5.02 Å². The normalized spacial score (nSPS) is 16.1. The zero-order valence-electron chi connectivity index (χ0n) is 11.2. The fourth-order valence-corrected chi connectivity index (χ4v) is 2.73. The zero-order valence-corrected chi connectivity index (χ0v) is 12.0. The number of carbonyl (C=O) groups excluding carboxylic acids is 1. The summed E-state index contributed by atoms with van der Waals surface area (Å²) in [4.78, 5) is 11.2. The Morgan fingerprint density at radius 3 is 2.79 bits per heavy atom. The molecule has 0 heterocycles.